The van der Waals surface area contributed by atoms with Crippen molar-refractivity contribution in [2.75, 3.05) is 30.4 Å². The molecule has 36 heavy (non-hydrogen) atoms. The van der Waals surface area contributed by atoms with E-state index in [1.807, 2.05) is 11.8 Å². The van der Waals surface area contributed by atoms with Gasteiger partial charge in [0, 0.05) is 23.9 Å². The molecule has 1 atom stereocenters. The molecule has 1 saturated carbocycles. The zero-order chi connectivity index (χ0) is 25.7. The first kappa shape index (κ1) is 24.5. The van der Waals surface area contributed by atoms with Gasteiger partial charge >= 0.3 is 6.18 Å². The topological polar surface area (TPSA) is 98.4 Å². The van der Waals surface area contributed by atoms with Crippen LogP contribution in [0.5, 0.6) is 0 Å². The summed E-state index contributed by atoms with van der Waals surface area (Å²) in [6.07, 6.45) is -4.48. The number of nitrogens with two attached hydrogens (primary N) is 1. The molecule has 0 radical (unpaired) electrons. The molecule has 0 spiro atoms. The highest BCUT2D eigenvalue weighted by Crippen LogP contribution is 2.56. The Labute approximate surface area is 207 Å². The number of aromatic nitrogens is 2. The number of rotatable bonds is 5. The summed E-state index contributed by atoms with van der Waals surface area (Å²) in [4.78, 5) is 10.6. The molecule has 3 aromatic rings. The average molecular weight is 519 g/mol. The van der Waals surface area contributed by atoms with Gasteiger partial charge in [0.1, 0.15) is 10.6 Å². The third kappa shape index (κ3) is 4.20. The van der Waals surface area contributed by atoms with Gasteiger partial charge in [-0.25, -0.2) is 18.4 Å². The van der Waals surface area contributed by atoms with Crippen molar-refractivity contribution in [3.8, 4) is 11.4 Å². The number of morpholine rings is 1. The summed E-state index contributed by atoms with van der Waals surface area (Å²) in [5, 5.41) is 0. The monoisotopic (exact) mass is 518 g/mol. The van der Waals surface area contributed by atoms with E-state index >= 15 is 0 Å². The molecule has 1 aromatic heterocycles. The van der Waals surface area contributed by atoms with Gasteiger partial charge in [-0.15, -0.1) is 0 Å². The van der Waals surface area contributed by atoms with Crippen molar-refractivity contribution in [1.29, 1.82) is 0 Å². The summed E-state index contributed by atoms with van der Waals surface area (Å²) in [5.74, 6) is 0.792. The van der Waals surface area contributed by atoms with Crippen molar-refractivity contribution in [1.82, 2.24) is 9.97 Å². The minimum atomic E-state index is -4.81. The van der Waals surface area contributed by atoms with E-state index in [1.54, 1.807) is 30.3 Å². The van der Waals surface area contributed by atoms with Crippen LogP contribution in [0.4, 0.5) is 24.7 Å². The minimum absolute atomic E-state index is 0.0292. The number of nitrogens with zero attached hydrogens (tertiary/aromatic N) is 3. The van der Waals surface area contributed by atoms with Gasteiger partial charge in [-0.1, -0.05) is 12.1 Å². The normalized spacial score (nSPS) is 19.8. The van der Waals surface area contributed by atoms with Crippen molar-refractivity contribution < 1.29 is 26.3 Å². The molecule has 2 aliphatic rings. The largest absolute Gasteiger partial charge is 0.417 e. The van der Waals surface area contributed by atoms with Gasteiger partial charge in [-0.2, -0.15) is 13.2 Å². The molecule has 7 nitrogen and oxygen atoms in total. The summed E-state index contributed by atoms with van der Waals surface area (Å²) < 4.78 is 72.8. The Kier molecular flexibility index (Phi) is 5.95. The van der Waals surface area contributed by atoms with Crippen LogP contribution in [0.3, 0.4) is 0 Å². The van der Waals surface area contributed by atoms with Crippen molar-refractivity contribution in [2.24, 2.45) is 0 Å². The van der Waals surface area contributed by atoms with Crippen molar-refractivity contribution in [3.05, 3.63) is 65.9 Å². The van der Waals surface area contributed by atoms with Gasteiger partial charge in [0.15, 0.2) is 15.7 Å². The van der Waals surface area contributed by atoms with E-state index in [0.717, 1.165) is 12.1 Å². The van der Waals surface area contributed by atoms with Crippen molar-refractivity contribution in [2.45, 2.75) is 41.6 Å². The Bertz CT molecular complexity index is 1390. The van der Waals surface area contributed by atoms with Crippen LogP contribution >= 0.6 is 0 Å². The number of alkyl halides is 3. The molecule has 1 aliphatic heterocycles. The first-order chi connectivity index (χ1) is 17.0. The van der Waals surface area contributed by atoms with Crippen molar-refractivity contribution in [3.63, 3.8) is 0 Å². The molecule has 2 aromatic carbocycles. The summed E-state index contributed by atoms with van der Waals surface area (Å²) in [7, 11) is -4.43. The van der Waals surface area contributed by atoms with Crippen LogP contribution in [0.15, 0.2) is 59.5 Å². The van der Waals surface area contributed by atoms with Crippen LogP contribution in [0.25, 0.3) is 11.4 Å². The van der Waals surface area contributed by atoms with Crippen LogP contribution in [0.2, 0.25) is 0 Å². The van der Waals surface area contributed by atoms with Gasteiger partial charge in [0.25, 0.3) is 0 Å². The van der Waals surface area contributed by atoms with E-state index < -0.39 is 31.2 Å². The maximum atomic E-state index is 13.8. The molecular weight excluding hydrogens is 493 g/mol. The quantitative estimate of drug-likeness (QED) is 0.499. The summed E-state index contributed by atoms with van der Waals surface area (Å²) in [6, 6.07) is 12.7. The third-order valence-electron chi connectivity index (χ3n) is 6.71. The molecular formula is C25H25F3N4O3S. The number of benzene rings is 2. The summed E-state index contributed by atoms with van der Waals surface area (Å²) in [5.41, 5.74) is 6.00. The number of halogens is 3. The highest BCUT2D eigenvalue weighted by Gasteiger charge is 2.59. The summed E-state index contributed by atoms with van der Waals surface area (Å²) in [6.45, 7) is 3.45. The molecule has 190 valence electrons. The van der Waals surface area contributed by atoms with E-state index in [-0.39, 0.29) is 30.4 Å². The van der Waals surface area contributed by atoms with E-state index in [1.165, 1.54) is 12.1 Å². The fraction of sp³-hybridized carbons (Fsp3) is 0.360. The number of anilines is 2. The van der Waals surface area contributed by atoms with Gasteiger partial charge in [0.05, 0.1) is 35.4 Å². The second kappa shape index (κ2) is 8.74. The Hall–Kier alpha value is -3.18. The Morgan fingerprint density at radius 3 is 2.42 bits per heavy atom. The Balaban J connectivity index is 1.67. The third-order valence-corrected chi connectivity index (χ3v) is 9.29. The van der Waals surface area contributed by atoms with E-state index in [2.05, 4.69) is 4.98 Å². The van der Waals surface area contributed by atoms with Crippen LogP contribution in [-0.2, 0) is 25.5 Å². The lowest BCUT2D eigenvalue weighted by Gasteiger charge is -2.34. The lowest BCUT2D eigenvalue weighted by molar-refractivity contribution is -0.139. The highest BCUT2D eigenvalue weighted by molar-refractivity contribution is 7.92. The fourth-order valence-corrected chi connectivity index (χ4v) is 6.74. The highest BCUT2D eigenvalue weighted by atomic mass is 32.2. The number of ether oxygens (including phenoxy) is 1. The smallest absolute Gasteiger partial charge is 0.399 e. The number of hydrogen-bond donors (Lipinski definition) is 1. The number of nitrogen functional groups attached to an aromatic ring is 1. The molecule has 2 N–H and O–H groups in total. The van der Waals surface area contributed by atoms with Crippen LogP contribution in [-0.4, -0.2) is 44.2 Å². The molecule has 0 bridgehead atoms. The molecule has 0 amide bonds. The SMILES string of the molecule is C[C@H]1COCCN1c1cc(C2(S(=O)(=O)c3ccccc3C(F)(F)F)CC2)nc(-c2ccc(N)cc2)n1. The minimum Gasteiger partial charge on any atom is -0.399 e. The maximum absolute atomic E-state index is 13.8. The molecule has 11 heteroatoms. The van der Waals surface area contributed by atoms with Crippen LogP contribution < -0.4 is 10.6 Å². The predicted molar refractivity (Wildman–Crippen MR) is 129 cm³/mol. The Morgan fingerprint density at radius 1 is 1.08 bits per heavy atom. The predicted octanol–water partition coefficient (Wildman–Crippen LogP) is 4.43. The maximum Gasteiger partial charge on any atom is 0.417 e. The van der Waals surface area contributed by atoms with E-state index in [0.29, 0.717) is 36.8 Å². The van der Waals surface area contributed by atoms with E-state index in [4.69, 9.17) is 15.5 Å². The molecule has 2 heterocycles. The van der Waals surface area contributed by atoms with Gasteiger partial charge in [-0.3, -0.25) is 0 Å². The number of sulfone groups is 1. The summed E-state index contributed by atoms with van der Waals surface area (Å²) >= 11 is 0. The van der Waals surface area contributed by atoms with Gasteiger partial charge < -0.3 is 15.4 Å². The van der Waals surface area contributed by atoms with Crippen LogP contribution in [0.1, 0.15) is 31.0 Å². The molecule has 1 aliphatic carbocycles. The lowest BCUT2D eigenvalue weighted by Crippen LogP contribution is -2.44. The Morgan fingerprint density at radius 2 is 1.78 bits per heavy atom. The first-order valence-electron chi connectivity index (χ1n) is 11.5. The second-order valence-electron chi connectivity index (χ2n) is 9.17. The van der Waals surface area contributed by atoms with Crippen LogP contribution in [0, 0.1) is 0 Å². The van der Waals surface area contributed by atoms with Crippen molar-refractivity contribution >= 4 is 21.3 Å². The van der Waals surface area contributed by atoms with Gasteiger partial charge in [-0.05, 0) is 56.2 Å². The average Bonchev–Trinajstić information content (AvgIpc) is 3.67. The number of hydrogen-bond acceptors (Lipinski definition) is 7. The second-order valence-corrected chi connectivity index (χ2v) is 11.4. The molecule has 0 unspecified atom stereocenters. The van der Waals surface area contributed by atoms with Gasteiger partial charge in [0.2, 0.25) is 0 Å². The zero-order valence-corrected chi connectivity index (χ0v) is 20.3. The fourth-order valence-electron chi connectivity index (χ4n) is 4.57. The lowest BCUT2D eigenvalue weighted by atomic mass is 10.1. The molecule has 2 fully saturated rings. The first-order valence-corrected chi connectivity index (χ1v) is 13.0. The molecule has 1 saturated heterocycles. The standard InChI is InChI=1S/C25H25F3N4O3S/c1-16-15-35-13-12-32(16)22-14-21(30-23(31-22)17-6-8-18(29)9-7-17)24(10-11-24)36(33,34)20-5-3-2-4-19(20)25(26,27)28/h2-9,14,16H,10-13,15,29H2,1H3/t16-/m0/s1. The zero-order valence-electron chi connectivity index (χ0n) is 19.5. The molecule has 5 rings (SSSR count). The van der Waals surface area contributed by atoms with E-state index in [9.17, 15) is 21.6 Å².